The van der Waals surface area contributed by atoms with Gasteiger partial charge in [-0.15, -0.1) is 0 Å². The van der Waals surface area contributed by atoms with Crippen molar-refractivity contribution in [3.8, 4) is 11.1 Å². The average Bonchev–Trinajstić information content (AvgIpc) is 3.20. The number of aromatic carboxylic acids is 1. The second-order valence-corrected chi connectivity index (χ2v) is 6.80. The van der Waals surface area contributed by atoms with E-state index >= 15 is 0 Å². The predicted molar refractivity (Wildman–Crippen MR) is 114 cm³/mol. The third-order valence-electron chi connectivity index (χ3n) is 4.69. The van der Waals surface area contributed by atoms with Crippen LogP contribution in [0, 0.1) is 5.82 Å². The molecule has 0 unspecified atom stereocenters. The van der Waals surface area contributed by atoms with Gasteiger partial charge in [-0.3, -0.25) is 0 Å². The highest BCUT2D eigenvalue weighted by molar-refractivity contribution is 6.04. The topological polar surface area (TPSA) is 107 Å². The summed E-state index contributed by atoms with van der Waals surface area (Å²) in [5.74, 6) is -1.83. The number of carboxylic acid groups (broad SMARTS) is 1. The van der Waals surface area contributed by atoms with E-state index in [1.54, 1.807) is 24.4 Å². The summed E-state index contributed by atoms with van der Waals surface area (Å²) in [6, 6.07) is 8.92. The Labute approximate surface area is 173 Å². The molecular formula is C22H23FN4O3. The number of hydrazone groups is 1. The lowest BCUT2D eigenvalue weighted by atomic mass is 9.93. The molecule has 0 aliphatic heterocycles. The van der Waals surface area contributed by atoms with Gasteiger partial charge >= 0.3 is 12.0 Å². The number of aromatic nitrogens is 1. The highest BCUT2D eigenvalue weighted by atomic mass is 19.1. The van der Waals surface area contributed by atoms with Crippen LogP contribution >= 0.6 is 0 Å². The van der Waals surface area contributed by atoms with Gasteiger partial charge in [0.1, 0.15) is 5.82 Å². The number of urea groups is 1. The molecule has 0 spiro atoms. The minimum atomic E-state index is -1.18. The molecule has 2 amide bonds. The fourth-order valence-corrected chi connectivity index (χ4v) is 3.19. The number of carbonyl (C=O) groups is 2. The van der Waals surface area contributed by atoms with Crippen molar-refractivity contribution in [1.29, 1.82) is 0 Å². The largest absolute Gasteiger partial charge is 0.478 e. The second kappa shape index (κ2) is 9.69. The number of rotatable bonds is 8. The van der Waals surface area contributed by atoms with Crippen LogP contribution in [0.1, 0.15) is 42.1 Å². The van der Waals surface area contributed by atoms with E-state index in [2.05, 4.69) is 27.8 Å². The van der Waals surface area contributed by atoms with Crippen molar-refractivity contribution >= 4 is 29.1 Å². The van der Waals surface area contributed by atoms with Crippen molar-refractivity contribution in [3.63, 3.8) is 0 Å². The third-order valence-corrected chi connectivity index (χ3v) is 4.69. The van der Waals surface area contributed by atoms with Crippen molar-refractivity contribution in [1.82, 2.24) is 15.7 Å². The van der Waals surface area contributed by atoms with Gasteiger partial charge in [0.15, 0.2) is 0 Å². The molecule has 0 fully saturated rings. The first-order chi connectivity index (χ1) is 14.5. The predicted octanol–water partition coefficient (Wildman–Crippen LogP) is 4.50. The highest BCUT2D eigenvalue weighted by Gasteiger charge is 2.19. The van der Waals surface area contributed by atoms with E-state index in [-0.39, 0.29) is 16.7 Å². The van der Waals surface area contributed by atoms with Gasteiger partial charge < -0.3 is 15.4 Å². The minimum Gasteiger partial charge on any atom is -0.478 e. The van der Waals surface area contributed by atoms with Crippen LogP contribution in [0.4, 0.5) is 9.18 Å². The van der Waals surface area contributed by atoms with Crippen LogP contribution in [0.15, 0.2) is 47.7 Å². The molecule has 7 nitrogen and oxygen atoms in total. The Morgan fingerprint density at radius 3 is 2.80 bits per heavy atom. The maximum Gasteiger partial charge on any atom is 0.336 e. The van der Waals surface area contributed by atoms with Gasteiger partial charge in [0.25, 0.3) is 0 Å². The van der Waals surface area contributed by atoms with Crippen molar-refractivity contribution in [2.24, 2.45) is 5.10 Å². The Morgan fingerprint density at radius 1 is 1.20 bits per heavy atom. The van der Waals surface area contributed by atoms with Gasteiger partial charge in [-0.25, -0.2) is 19.4 Å². The normalized spacial score (nSPS) is 11.1. The Bertz CT molecular complexity index is 1090. The van der Waals surface area contributed by atoms with Crippen molar-refractivity contribution in [2.75, 3.05) is 6.54 Å². The van der Waals surface area contributed by atoms with Gasteiger partial charge in [-0.05, 0) is 47.7 Å². The number of amides is 2. The van der Waals surface area contributed by atoms with E-state index < -0.39 is 17.8 Å². The number of hydrogen-bond donors (Lipinski definition) is 4. The lowest BCUT2D eigenvalue weighted by molar-refractivity contribution is 0.0697. The average molecular weight is 410 g/mol. The summed E-state index contributed by atoms with van der Waals surface area (Å²) in [5, 5.41) is 16.9. The number of halogens is 1. The Balaban J connectivity index is 1.91. The molecule has 0 radical (unpaired) electrons. The van der Waals surface area contributed by atoms with E-state index in [0.29, 0.717) is 12.1 Å². The molecule has 8 heteroatoms. The minimum absolute atomic E-state index is 0.0175. The van der Waals surface area contributed by atoms with Gasteiger partial charge in [-0.2, -0.15) is 5.10 Å². The molecule has 1 heterocycles. The van der Waals surface area contributed by atoms with E-state index in [9.17, 15) is 19.1 Å². The molecule has 4 N–H and O–H groups in total. The van der Waals surface area contributed by atoms with Crippen LogP contribution in [-0.4, -0.2) is 34.9 Å². The summed E-state index contributed by atoms with van der Waals surface area (Å²) in [5.41, 5.74) is 3.82. The number of carboxylic acids is 1. The van der Waals surface area contributed by atoms with E-state index in [1.165, 1.54) is 6.07 Å². The molecule has 2 aromatic carbocycles. The lowest BCUT2D eigenvalue weighted by Crippen LogP contribution is -2.33. The summed E-state index contributed by atoms with van der Waals surface area (Å²) >= 11 is 0. The monoisotopic (exact) mass is 410 g/mol. The summed E-state index contributed by atoms with van der Waals surface area (Å²) in [6.45, 7) is 2.58. The van der Waals surface area contributed by atoms with Crippen molar-refractivity contribution in [2.45, 2.75) is 26.2 Å². The second-order valence-electron chi connectivity index (χ2n) is 6.80. The van der Waals surface area contributed by atoms with Crippen molar-refractivity contribution in [3.05, 3.63) is 59.5 Å². The number of nitrogens with zero attached hydrogens (tertiary/aromatic N) is 1. The molecular weight excluding hydrogens is 387 g/mol. The number of H-pyrrole nitrogens is 1. The Morgan fingerprint density at radius 2 is 2.03 bits per heavy atom. The smallest absolute Gasteiger partial charge is 0.336 e. The zero-order valence-corrected chi connectivity index (χ0v) is 16.5. The van der Waals surface area contributed by atoms with Gasteiger partial charge in [0.2, 0.25) is 0 Å². The van der Waals surface area contributed by atoms with Crippen LogP contribution in [0.2, 0.25) is 0 Å². The molecule has 156 valence electrons. The zero-order chi connectivity index (χ0) is 21.5. The molecule has 30 heavy (non-hydrogen) atoms. The SMILES string of the molecule is CCCCCNC(=O)NN=Cc1c(F)ccc(C(=O)O)c1-c1ccc2[nH]ccc2c1. The molecule has 3 aromatic rings. The zero-order valence-electron chi connectivity index (χ0n) is 16.5. The van der Waals surface area contributed by atoms with Gasteiger partial charge in [0, 0.05) is 29.4 Å². The first kappa shape index (κ1) is 21.0. The number of fused-ring (bicyclic) bond motifs is 1. The van der Waals surface area contributed by atoms with E-state index in [4.69, 9.17) is 0 Å². The molecule has 0 aliphatic rings. The third kappa shape index (κ3) is 4.83. The summed E-state index contributed by atoms with van der Waals surface area (Å²) in [7, 11) is 0. The Hall–Kier alpha value is -3.68. The van der Waals surface area contributed by atoms with E-state index in [0.717, 1.165) is 42.4 Å². The van der Waals surface area contributed by atoms with Gasteiger partial charge in [-0.1, -0.05) is 25.8 Å². The van der Waals surface area contributed by atoms with Crippen LogP contribution in [0.3, 0.4) is 0 Å². The molecule has 0 saturated carbocycles. The van der Waals surface area contributed by atoms with Crippen LogP contribution in [0.5, 0.6) is 0 Å². The molecule has 0 atom stereocenters. The van der Waals surface area contributed by atoms with Crippen LogP contribution in [0.25, 0.3) is 22.0 Å². The molecule has 3 rings (SSSR count). The van der Waals surface area contributed by atoms with Gasteiger partial charge in [0.05, 0.1) is 11.8 Å². The standard InChI is InChI=1S/C22H23FN4O3/c1-2-3-4-10-25-22(30)27-26-13-17-18(23)7-6-16(21(28)29)20(17)15-5-8-19-14(12-15)9-11-24-19/h5-9,11-13,24H,2-4,10H2,1H3,(H,28,29)(H2,25,27,30). The maximum absolute atomic E-state index is 14.6. The molecule has 0 bridgehead atoms. The van der Waals surface area contributed by atoms with E-state index in [1.807, 2.05) is 6.07 Å². The Kier molecular flexibility index (Phi) is 6.79. The first-order valence-electron chi connectivity index (χ1n) is 9.71. The fraction of sp³-hybridized carbons (Fsp3) is 0.227. The summed E-state index contributed by atoms with van der Waals surface area (Å²) in [6.07, 6.45) is 5.80. The number of aromatic amines is 1. The highest BCUT2D eigenvalue weighted by Crippen LogP contribution is 2.31. The quantitative estimate of drug-likeness (QED) is 0.250. The molecule has 1 aromatic heterocycles. The summed E-state index contributed by atoms with van der Waals surface area (Å²) < 4.78 is 14.6. The number of benzene rings is 2. The fourth-order valence-electron chi connectivity index (χ4n) is 3.19. The van der Waals surface area contributed by atoms with Crippen LogP contribution < -0.4 is 10.7 Å². The number of carbonyl (C=O) groups excluding carboxylic acids is 1. The van der Waals surface area contributed by atoms with Crippen LogP contribution in [-0.2, 0) is 0 Å². The number of nitrogens with one attached hydrogen (secondary N) is 3. The first-order valence-corrected chi connectivity index (χ1v) is 9.71. The lowest BCUT2D eigenvalue weighted by Gasteiger charge is -2.12. The number of hydrogen-bond acceptors (Lipinski definition) is 3. The van der Waals surface area contributed by atoms with Crippen molar-refractivity contribution < 1.29 is 19.1 Å². The molecule has 0 aliphatic carbocycles. The molecule has 0 saturated heterocycles. The number of unbranched alkanes of at least 4 members (excludes halogenated alkanes) is 2. The maximum atomic E-state index is 14.6. The summed E-state index contributed by atoms with van der Waals surface area (Å²) in [4.78, 5) is 26.6.